The van der Waals surface area contributed by atoms with E-state index in [2.05, 4.69) is 0 Å². The molecule has 0 spiro atoms. The van der Waals surface area contributed by atoms with Crippen LogP contribution in [0.4, 0.5) is 0 Å². The molecule has 1 fully saturated rings. The summed E-state index contributed by atoms with van der Waals surface area (Å²) >= 11 is 0. The molecule has 114 valence electrons. The van der Waals surface area contributed by atoms with Crippen molar-refractivity contribution in [2.75, 3.05) is 20.2 Å². The van der Waals surface area contributed by atoms with Crippen LogP contribution in [-0.2, 0) is 9.53 Å². The van der Waals surface area contributed by atoms with Gasteiger partial charge < -0.3 is 9.64 Å². The number of esters is 1. The maximum absolute atomic E-state index is 12.0. The van der Waals surface area contributed by atoms with Crippen LogP contribution in [0.2, 0.25) is 0 Å². The van der Waals surface area contributed by atoms with Gasteiger partial charge in [-0.05, 0) is 36.5 Å². The number of methoxy groups -OCH3 is 1. The predicted molar refractivity (Wildman–Crippen MR) is 81.2 cm³/mol. The molecule has 1 saturated heterocycles. The van der Waals surface area contributed by atoms with Gasteiger partial charge in [0.25, 0.3) is 0 Å². The first-order valence-corrected chi connectivity index (χ1v) is 7.50. The Bertz CT molecular complexity index is 499. The molecule has 0 atom stereocenters. The molecule has 1 aliphatic rings. The van der Waals surface area contributed by atoms with Crippen molar-refractivity contribution in [3.05, 3.63) is 35.4 Å². The van der Waals surface area contributed by atoms with Crippen LogP contribution in [0.15, 0.2) is 24.3 Å². The first kappa shape index (κ1) is 15.5. The molecule has 1 heterocycles. The van der Waals surface area contributed by atoms with Crippen molar-refractivity contribution in [2.24, 2.45) is 5.92 Å². The lowest BCUT2D eigenvalue weighted by Crippen LogP contribution is -2.40. The third-order valence-electron chi connectivity index (χ3n) is 4.10. The van der Waals surface area contributed by atoms with Crippen LogP contribution in [0.1, 0.15) is 48.5 Å². The van der Waals surface area contributed by atoms with E-state index in [-0.39, 0.29) is 17.8 Å². The number of hydrogen-bond acceptors (Lipinski definition) is 3. The van der Waals surface area contributed by atoms with Crippen molar-refractivity contribution in [2.45, 2.75) is 32.6 Å². The Labute approximate surface area is 126 Å². The molecule has 4 heteroatoms. The van der Waals surface area contributed by atoms with E-state index in [0.29, 0.717) is 11.5 Å². The van der Waals surface area contributed by atoms with Gasteiger partial charge in [-0.2, -0.15) is 0 Å². The van der Waals surface area contributed by atoms with Crippen molar-refractivity contribution >= 4 is 11.9 Å². The van der Waals surface area contributed by atoms with E-state index < -0.39 is 0 Å². The molecule has 4 nitrogen and oxygen atoms in total. The lowest BCUT2D eigenvalue weighted by Gasteiger charge is -2.33. The minimum atomic E-state index is -0.307. The first-order valence-electron chi connectivity index (χ1n) is 7.50. The largest absolute Gasteiger partial charge is 0.465 e. The Hall–Kier alpha value is -1.84. The second kappa shape index (κ2) is 6.74. The molecule has 0 unspecified atom stereocenters. The molecule has 1 aliphatic heterocycles. The van der Waals surface area contributed by atoms with Crippen molar-refractivity contribution in [3.63, 3.8) is 0 Å². The summed E-state index contributed by atoms with van der Waals surface area (Å²) in [6.07, 6.45) is 1.96. The van der Waals surface area contributed by atoms with Gasteiger partial charge in [-0.3, -0.25) is 4.79 Å². The number of likely N-dealkylation sites (tertiary alicyclic amines) is 1. The molecular weight excluding hydrogens is 266 g/mol. The lowest BCUT2D eigenvalue weighted by atomic mass is 9.88. The molecule has 0 saturated carbocycles. The van der Waals surface area contributed by atoms with Crippen LogP contribution in [0.25, 0.3) is 0 Å². The van der Waals surface area contributed by atoms with Gasteiger partial charge in [0, 0.05) is 19.0 Å². The average Bonchev–Trinajstić information content (AvgIpc) is 2.53. The maximum atomic E-state index is 12.0. The molecule has 1 amide bonds. The van der Waals surface area contributed by atoms with Gasteiger partial charge in [-0.25, -0.2) is 4.79 Å². The van der Waals surface area contributed by atoms with E-state index in [1.54, 1.807) is 0 Å². The molecule has 0 aromatic heterocycles. The summed E-state index contributed by atoms with van der Waals surface area (Å²) in [5.41, 5.74) is 1.81. The van der Waals surface area contributed by atoms with Gasteiger partial charge in [0.05, 0.1) is 12.7 Å². The Morgan fingerprint density at radius 3 is 2.19 bits per heavy atom. The lowest BCUT2D eigenvalue weighted by molar-refractivity contribution is -0.135. The highest BCUT2D eigenvalue weighted by Crippen LogP contribution is 2.28. The summed E-state index contributed by atoms with van der Waals surface area (Å²) in [6.45, 7) is 5.53. The van der Waals surface area contributed by atoms with Crippen LogP contribution in [-0.4, -0.2) is 37.0 Å². The third kappa shape index (κ3) is 3.63. The van der Waals surface area contributed by atoms with Gasteiger partial charge in [0.15, 0.2) is 0 Å². The van der Waals surface area contributed by atoms with Crippen LogP contribution in [0, 0.1) is 5.92 Å². The number of nitrogens with zero attached hydrogens (tertiary/aromatic N) is 1. The Kier molecular flexibility index (Phi) is 4.99. The highest BCUT2D eigenvalue weighted by Gasteiger charge is 2.25. The zero-order chi connectivity index (χ0) is 15.4. The van der Waals surface area contributed by atoms with Crippen molar-refractivity contribution in [3.8, 4) is 0 Å². The quantitative estimate of drug-likeness (QED) is 0.804. The fourth-order valence-electron chi connectivity index (χ4n) is 2.81. The number of benzene rings is 1. The fraction of sp³-hybridized carbons (Fsp3) is 0.529. The molecule has 2 rings (SSSR count). The number of carbonyl (C=O) groups is 2. The molecule has 0 aliphatic carbocycles. The van der Waals surface area contributed by atoms with Gasteiger partial charge in [-0.15, -0.1) is 0 Å². The Balaban J connectivity index is 1.96. The van der Waals surface area contributed by atoms with Gasteiger partial charge >= 0.3 is 5.97 Å². The predicted octanol–water partition coefficient (Wildman–Crippen LogP) is 2.84. The van der Waals surface area contributed by atoms with E-state index in [9.17, 15) is 9.59 Å². The molecule has 1 aromatic carbocycles. The van der Waals surface area contributed by atoms with E-state index in [4.69, 9.17) is 4.74 Å². The monoisotopic (exact) mass is 289 g/mol. The van der Waals surface area contributed by atoms with Crippen molar-refractivity contribution in [1.82, 2.24) is 4.90 Å². The number of hydrogen-bond donors (Lipinski definition) is 0. The average molecular weight is 289 g/mol. The number of amides is 1. The summed E-state index contributed by atoms with van der Waals surface area (Å²) in [4.78, 5) is 25.3. The minimum absolute atomic E-state index is 0.0703. The smallest absolute Gasteiger partial charge is 0.337 e. The van der Waals surface area contributed by atoms with Gasteiger partial charge in [0.1, 0.15) is 0 Å². The summed E-state index contributed by atoms with van der Waals surface area (Å²) in [5.74, 6) is 0.474. The van der Waals surface area contributed by atoms with Gasteiger partial charge in [0.2, 0.25) is 5.91 Å². The van der Waals surface area contributed by atoms with E-state index >= 15 is 0 Å². The van der Waals surface area contributed by atoms with Crippen molar-refractivity contribution < 1.29 is 14.3 Å². The zero-order valence-electron chi connectivity index (χ0n) is 13.0. The van der Waals surface area contributed by atoms with Crippen LogP contribution in [0.5, 0.6) is 0 Å². The van der Waals surface area contributed by atoms with E-state index in [1.807, 2.05) is 43.0 Å². The Morgan fingerprint density at radius 1 is 1.14 bits per heavy atom. The summed E-state index contributed by atoms with van der Waals surface area (Å²) < 4.78 is 4.70. The van der Waals surface area contributed by atoms with Crippen LogP contribution < -0.4 is 0 Å². The molecule has 0 radical (unpaired) electrons. The molecular formula is C17H23NO3. The highest BCUT2D eigenvalue weighted by molar-refractivity contribution is 5.89. The van der Waals surface area contributed by atoms with Gasteiger partial charge in [-0.1, -0.05) is 26.0 Å². The normalized spacial score (nSPS) is 16.1. The third-order valence-corrected chi connectivity index (χ3v) is 4.10. The topological polar surface area (TPSA) is 46.6 Å². The first-order chi connectivity index (χ1) is 10.0. The van der Waals surface area contributed by atoms with Crippen LogP contribution in [0.3, 0.4) is 0 Å². The molecule has 1 aromatic rings. The summed E-state index contributed by atoms with van der Waals surface area (Å²) in [5, 5.41) is 0. The number of rotatable bonds is 3. The second-order valence-corrected chi connectivity index (χ2v) is 5.87. The van der Waals surface area contributed by atoms with Crippen molar-refractivity contribution in [1.29, 1.82) is 0 Å². The summed E-state index contributed by atoms with van der Waals surface area (Å²) in [7, 11) is 1.39. The number of carbonyl (C=O) groups excluding carboxylic acids is 2. The summed E-state index contributed by atoms with van der Waals surface area (Å²) in [6, 6.07) is 7.62. The fourth-order valence-corrected chi connectivity index (χ4v) is 2.81. The molecule has 0 N–H and O–H groups in total. The number of ether oxygens (including phenoxy) is 1. The minimum Gasteiger partial charge on any atom is -0.465 e. The molecule has 21 heavy (non-hydrogen) atoms. The number of piperidine rings is 1. The maximum Gasteiger partial charge on any atom is 0.337 e. The standard InChI is InChI=1S/C17H23NO3/c1-12(2)16(19)18-10-8-14(9-11-18)13-4-6-15(7-5-13)17(20)21-3/h4-7,12,14H,8-11H2,1-3H3. The van der Waals surface area contributed by atoms with E-state index in [1.165, 1.54) is 12.7 Å². The van der Waals surface area contributed by atoms with Crippen LogP contribution >= 0.6 is 0 Å². The zero-order valence-corrected chi connectivity index (χ0v) is 13.0. The Morgan fingerprint density at radius 2 is 1.71 bits per heavy atom. The van der Waals surface area contributed by atoms with E-state index in [0.717, 1.165) is 25.9 Å². The SMILES string of the molecule is COC(=O)c1ccc(C2CCN(C(=O)C(C)C)CC2)cc1. The second-order valence-electron chi connectivity index (χ2n) is 5.87. The highest BCUT2D eigenvalue weighted by atomic mass is 16.5. The molecule has 0 bridgehead atoms.